The molecule has 0 saturated carbocycles. The van der Waals surface area contributed by atoms with Crippen molar-refractivity contribution in [2.75, 3.05) is 0 Å². The van der Waals surface area contributed by atoms with E-state index in [-0.39, 0.29) is 18.4 Å². The zero-order valence-corrected chi connectivity index (χ0v) is 12.4. The molecule has 0 spiro atoms. The van der Waals surface area contributed by atoms with Gasteiger partial charge in [-0.25, -0.2) is 0 Å². The minimum Gasteiger partial charge on any atom is -0.481 e. The Balaban J connectivity index is 2.36. The molecule has 1 amide bonds. The molecule has 4 nitrogen and oxygen atoms in total. The van der Waals surface area contributed by atoms with E-state index >= 15 is 0 Å². The van der Waals surface area contributed by atoms with Gasteiger partial charge in [0.1, 0.15) is 0 Å². The molecule has 0 heterocycles. The lowest BCUT2D eigenvalue weighted by molar-refractivity contribution is -0.137. The summed E-state index contributed by atoms with van der Waals surface area (Å²) in [6, 6.07) is 7.68. The SMILES string of the molecule is C[C@H](NC(=O)CCCCC(=O)O)c1ccccc1Br. The zero-order valence-electron chi connectivity index (χ0n) is 10.9. The van der Waals surface area contributed by atoms with E-state index in [1.54, 1.807) is 0 Å². The Morgan fingerprint density at radius 2 is 1.89 bits per heavy atom. The Morgan fingerprint density at radius 1 is 1.26 bits per heavy atom. The Morgan fingerprint density at radius 3 is 2.53 bits per heavy atom. The molecular weight excluding hydrogens is 310 g/mol. The van der Waals surface area contributed by atoms with Crippen molar-refractivity contribution in [3.05, 3.63) is 34.3 Å². The number of carboxylic acid groups (broad SMARTS) is 1. The van der Waals surface area contributed by atoms with Crippen LogP contribution < -0.4 is 5.32 Å². The number of carbonyl (C=O) groups is 2. The van der Waals surface area contributed by atoms with Crippen molar-refractivity contribution in [2.24, 2.45) is 0 Å². The molecular formula is C14H18BrNO3. The lowest BCUT2D eigenvalue weighted by atomic mass is 10.1. The smallest absolute Gasteiger partial charge is 0.303 e. The molecule has 1 aromatic carbocycles. The van der Waals surface area contributed by atoms with Gasteiger partial charge < -0.3 is 10.4 Å². The molecule has 0 radical (unpaired) electrons. The van der Waals surface area contributed by atoms with Crippen LogP contribution >= 0.6 is 15.9 Å². The molecule has 0 aliphatic rings. The summed E-state index contributed by atoms with van der Waals surface area (Å²) in [5.41, 5.74) is 1.03. The van der Waals surface area contributed by atoms with E-state index in [9.17, 15) is 9.59 Å². The van der Waals surface area contributed by atoms with E-state index in [1.165, 1.54) is 0 Å². The summed E-state index contributed by atoms with van der Waals surface area (Å²) in [6.07, 6.45) is 1.61. The second-order valence-electron chi connectivity index (χ2n) is 4.41. The first kappa shape index (κ1) is 15.7. The summed E-state index contributed by atoms with van der Waals surface area (Å²) >= 11 is 3.45. The van der Waals surface area contributed by atoms with E-state index in [2.05, 4.69) is 21.2 Å². The van der Waals surface area contributed by atoms with Crippen LogP contribution in [-0.2, 0) is 9.59 Å². The number of amides is 1. The van der Waals surface area contributed by atoms with Gasteiger partial charge in [0.05, 0.1) is 6.04 Å². The normalized spacial score (nSPS) is 11.9. The van der Waals surface area contributed by atoms with Crippen molar-refractivity contribution in [3.63, 3.8) is 0 Å². The number of carbonyl (C=O) groups excluding carboxylic acids is 1. The topological polar surface area (TPSA) is 66.4 Å². The second-order valence-corrected chi connectivity index (χ2v) is 5.27. The second kappa shape index (κ2) is 7.94. The summed E-state index contributed by atoms with van der Waals surface area (Å²) in [6.45, 7) is 1.93. The predicted molar refractivity (Wildman–Crippen MR) is 76.8 cm³/mol. The predicted octanol–water partition coefficient (Wildman–Crippen LogP) is 3.27. The summed E-state index contributed by atoms with van der Waals surface area (Å²) in [5.74, 6) is -0.865. The molecule has 0 saturated heterocycles. The van der Waals surface area contributed by atoms with Crippen LogP contribution in [0.2, 0.25) is 0 Å². The minimum atomic E-state index is -0.818. The van der Waals surface area contributed by atoms with Crippen LogP contribution in [0.1, 0.15) is 44.2 Å². The maximum absolute atomic E-state index is 11.7. The van der Waals surface area contributed by atoms with Gasteiger partial charge in [-0.15, -0.1) is 0 Å². The van der Waals surface area contributed by atoms with Crippen LogP contribution in [0.15, 0.2) is 28.7 Å². The van der Waals surface area contributed by atoms with E-state index in [0.717, 1.165) is 10.0 Å². The summed E-state index contributed by atoms with van der Waals surface area (Å²) in [4.78, 5) is 22.0. The third-order valence-electron chi connectivity index (χ3n) is 2.79. The van der Waals surface area contributed by atoms with Gasteiger partial charge in [-0.3, -0.25) is 9.59 Å². The third kappa shape index (κ3) is 5.87. The first-order chi connectivity index (χ1) is 9.00. The Labute approximate surface area is 121 Å². The van der Waals surface area contributed by atoms with Gasteiger partial charge in [-0.05, 0) is 31.4 Å². The average Bonchev–Trinajstić information content (AvgIpc) is 2.35. The van der Waals surface area contributed by atoms with E-state index in [4.69, 9.17) is 5.11 Å². The fourth-order valence-corrected chi connectivity index (χ4v) is 2.41. The van der Waals surface area contributed by atoms with Gasteiger partial charge in [0.25, 0.3) is 0 Å². The largest absolute Gasteiger partial charge is 0.481 e. The minimum absolute atomic E-state index is 0.0476. The molecule has 1 atom stereocenters. The fourth-order valence-electron chi connectivity index (χ4n) is 1.78. The number of carboxylic acids is 1. The fraction of sp³-hybridized carbons (Fsp3) is 0.429. The standard InChI is InChI=1S/C14H18BrNO3/c1-10(11-6-2-3-7-12(11)15)16-13(17)8-4-5-9-14(18)19/h2-3,6-7,10H,4-5,8-9H2,1H3,(H,16,17)(H,18,19)/t10-/m0/s1. The Kier molecular flexibility index (Phi) is 6.56. The number of halogens is 1. The van der Waals surface area contributed by atoms with Crippen LogP contribution in [-0.4, -0.2) is 17.0 Å². The van der Waals surface area contributed by atoms with Crippen molar-refractivity contribution < 1.29 is 14.7 Å². The van der Waals surface area contributed by atoms with E-state index in [0.29, 0.717) is 19.3 Å². The van der Waals surface area contributed by atoms with E-state index in [1.807, 2.05) is 31.2 Å². The molecule has 0 fully saturated rings. The maximum atomic E-state index is 11.7. The number of hydrogen-bond donors (Lipinski definition) is 2. The Bertz CT molecular complexity index is 448. The molecule has 1 rings (SSSR count). The van der Waals surface area contributed by atoms with Gasteiger partial charge in [0.2, 0.25) is 5.91 Å². The Hall–Kier alpha value is -1.36. The van der Waals surface area contributed by atoms with Crippen molar-refractivity contribution in [3.8, 4) is 0 Å². The number of benzene rings is 1. The molecule has 5 heteroatoms. The van der Waals surface area contributed by atoms with Gasteiger partial charge in [0, 0.05) is 17.3 Å². The summed E-state index contributed by atoms with van der Waals surface area (Å²) in [7, 11) is 0. The van der Waals surface area contributed by atoms with Crippen LogP contribution in [0, 0.1) is 0 Å². The van der Waals surface area contributed by atoms with Crippen molar-refractivity contribution >= 4 is 27.8 Å². The highest BCUT2D eigenvalue weighted by atomic mass is 79.9. The highest BCUT2D eigenvalue weighted by Gasteiger charge is 2.11. The quantitative estimate of drug-likeness (QED) is 0.755. The number of rotatable bonds is 7. The summed E-state index contributed by atoms with van der Waals surface area (Å²) in [5, 5.41) is 11.4. The van der Waals surface area contributed by atoms with Crippen LogP contribution in [0.4, 0.5) is 0 Å². The van der Waals surface area contributed by atoms with Crippen molar-refractivity contribution in [2.45, 2.75) is 38.6 Å². The van der Waals surface area contributed by atoms with Gasteiger partial charge in [-0.1, -0.05) is 34.1 Å². The number of aliphatic carboxylic acids is 1. The maximum Gasteiger partial charge on any atom is 0.303 e. The van der Waals surface area contributed by atoms with Gasteiger partial charge in [-0.2, -0.15) is 0 Å². The highest BCUT2D eigenvalue weighted by Crippen LogP contribution is 2.22. The third-order valence-corrected chi connectivity index (χ3v) is 3.52. The molecule has 1 aromatic rings. The van der Waals surface area contributed by atoms with Crippen molar-refractivity contribution in [1.82, 2.24) is 5.32 Å². The molecule has 0 bridgehead atoms. The number of nitrogens with one attached hydrogen (secondary N) is 1. The van der Waals surface area contributed by atoms with Gasteiger partial charge in [0.15, 0.2) is 0 Å². The molecule has 104 valence electrons. The first-order valence-electron chi connectivity index (χ1n) is 6.26. The summed E-state index contributed by atoms with van der Waals surface area (Å²) < 4.78 is 0.966. The molecule has 0 unspecified atom stereocenters. The molecule has 0 aromatic heterocycles. The zero-order chi connectivity index (χ0) is 14.3. The highest BCUT2D eigenvalue weighted by molar-refractivity contribution is 9.10. The van der Waals surface area contributed by atoms with E-state index < -0.39 is 5.97 Å². The lowest BCUT2D eigenvalue weighted by Gasteiger charge is -2.15. The number of hydrogen-bond acceptors (Lipinski definition) is 2. The average molecular weight is 328 g/mol. The molecule has 2 N–H and O–H groups in total. The number of unbranched alkanes of at least 4 members (excludes halogenated alkanes) is 1. The van der Waals surface area contributed by atoms with Crippen LogP contribution in [0.5, 0.6) is 0 Å². The lowest BCUT2D eigenvalue weighted by Crippen LogP contribution is -2.26. The van der Waals surface area contributed by atoms with Gasteiger partial charge >= 0.3 is 5.97 Å². The van der Waals surface area contributed by atoms with Crippen molar-refractivity contribution in [1.29, 1.82) is 0 Å². The molecule has 0 aliphatic heterocycles. The van der Waals surface area contributed by atoms with Crippen LogP contribution in [0.25, 0.3) is 0 Å². The molecule has 19 heavy (non-hydrogen) atoms. The first-order valence-corrected chi connectivity index (χ1v) is 7.05. The monoisotopic (exact) mass is 327 g/mol. The van der Waals surface area contributed by atoms with Crippen LogP contribution in [0.3, 0.4) is 0 Å². The molecule has 0 aliphatic carbocycles.